The molecule has 0 aliphatic carbocycles. The van der Waals surface area contributed by atoms with E-state index in [1.54, 1.807) is 0 Å². The molecule has 10 heteroatoms. The number of carbonyl (C=O) groups is 3. The first kappa shape index (κ1) is 18.2. The lowest BCUT2D eigenvalue weighted by atomic mass is 9.77. The molecule has 1 aliphatic heterocycles. The summed E-state index contributed by atoms with van der Waals surface area (Å²) in [6.07, 6.45) is -2.37. The third-order valence-corrected chi connectivity index (χ3v) is 3.51. The minimum atomic E-state index is -2.37. The van der Waals surface area contributed by atoms with E-state index in [1.807, 2.05) is 0 Å². The van der Waals surface area contributed by atoms with Gasteiger partial charge in [-0.15, -0.1) is 0 Å². The van der Waals surface area contributed by atoms with Gasteiger partial charge in [0.25, 0.3) is 0 Å². The van der Waals surface area contributed by atoms with Gasteiger partial charge in [0.2, 0.25) is 6.07 Å². The Bertz CT molecular complexity index is 653. The molecule has 7 nitrogen and oxygen atoms in total. The molecule has 0 spiro atoms. The van der Waals surface area contributed by atoms with E-state index >= 15 is 0 Å². The van der Waals surface area contributed by atoms with Gasteiger partial charge in [0.15, 0.2) is 5.78 Å². The number of likely N-dealkylation sites (N-methyl/N-ethyl adjacent to an activating group) is 1. The summed E-state index contributed by atoms with van der Waals surface area (Å²) < 4.78 is 28.9. The number of carbonyl (C=O) groups excluding carboxylic acids is 3. The van der Waals surface area contributed by atoms with Crippen LogP contribution in [0.25, 0.3) is 0 Å². The summed E-state index contributed by atoms with van der Waals surface area (Å²) in [6, 6.07) is 3.92. The first-order valence-corrected chi connectivity index (χ1v) is 7.29. The van der Waals surface area contributed by atoms with Gasteiger partial charge in [-0.3, -0.25) is 19.3 Å². The zero-order valence-corrected chi connectivity index (χ0v) is 13.7. The summed E-state index contributed by atoms with van der Waals surface area (Å²) in [5, 5.41) is 0.115. The van der Waals surface area contributed by atoms with Gasteiger partial charge in [-0.25, -0.2) is 4.39 Å². The molecule has 2 rings (SSSR count). The molecule has 0 amide bonds. The zero-order chi connectivity index (χ0) is 17.9. The molecular weight excluding hydrogens is 343 g/mol. The van der Waals surface area contributed by atoms with Gasteiger partial charge in [0.05, 0.1) is 25.2 Å². The molecule has 0 N–H and O–H groups in total. The van der Waals surface area contributed by atoms with Gasteiger partial charge in [-0.1, -0.05) is 11.6 Å². The van der Waals surface area contributed by atoms with Crippen molar-refractivity contribution in [3.05, 3.63) is 28.8 Å². The number of ether oxygens (including phenoxy) is 1. The monoisotopic (exact) mass is 357 g/mol. The molecule has 24 heavy (non-hydrogen) atoms. The minimum absolute atomic E-state index is 0.0698. The molecule has 1 aromatic carbocycles. The van der Waals surface area contributed by atoms with Gasteiger partial charge in [0, 0.05) is 5.56 Å². The molecule has 0 saturated carbocycles. The smallest absolute Gasteiger partial charge is 0.496 e. The van der Waals surface area contributed by atoms with Crippen LogP contribution in [0, 0.1) is 0 Å². The van der Waals surface area contributed by atoms with Crippen LogP contribution in [-0.4, -0.2) is 63.1 Å². The van der Waals surface area contributed by atoms with Crippen molar-refractivity contribution >= 4 is 36.4 Å². The molecule has 1 fully saturated rings. The van der Waals surface area contributed by atoms with E-state index in [1.165, 1.54) is 37.3 Å². The van der Waals surface area contributed by atoms with Crippen LogP contribution in [0.5, 0.6) is 5.75 Å². The summed E-state index contributed by atoms with van der Waals surface area (Å²) in [6.45, 7) is -0.443. The van der Waals surface area contributed by atoms with Gasteiger partial charge in [0.1, 0.15) is 5.75 Å². The topological polar surface area (TPSA) is 82.1 Å². The summed E-state index contributed by atoms with van der Waals surface area (Å²) in [5.74, 6) is -2.33. The van der Waals surface area contributed by atoms with Crippen molar-refractivity contribution in [2.24, 2.45) is 0 Å². The molecule has 128 valence electrons. The second kappa shape index (κ2) is 7.63. The van der Waals surface area contributed by atoms with E-state index in [0.29, 0.717) is 5.75 Å². The maximum atomic E-state index is 14.4. The summed E-state index contributed by atoms with van der Waals surface area (Å²) in [7, 11) is 0.956. The second-order valence-corrected chi connectivity index (χ2v) is 5.54. The molecule has 1 aliphatic rings. The summed E-state index contributed by atoms with van der Waals surface area (Å²) in [4.78, 5) is 36.7. The van der Waals surface area contributed by atoms with Gasteiger partial charge >= 0.3 is 19.1 Å². The maximum absolute atomic E-state index is 14.4. The van der Waals surface area contributed by atoms with Gasteiger partial charge in [-0.05, 0) is 25.2 Å². The van der Waals surface area contributed by atoms with E-state index in [2.05, 4.69) is 0 Å². The lowest BCUT2D eigenvalue weighted by molar-refractivity contribution is -0.146. The number of benzene rings is 1. The Balaban J connectivity index is 2.17. The number of nitrogens with zero attached hydrogens (tertiary/aromatic N) is 1. The molecule has 0 unspecified atom stereocenters. The highest BCUT2D eigenvalue weighted by molar-refractivity contribution is 6.56. The number of hydrogen-bond donors (Lipinski definition) is 0. The predicted octanol–water partition coefficient (Wildman–Crippen LogP) is 0.929. The van der Waals surface area contributed by atoms with E-state index in [4.69, 9.17) is 25.6 Å². The fraction of sp³-hybridized carbons (Fsp3) is 0.357. The Hall–Kier alpha value is -2.13. The van der Waals surface area contributed by atoms with Crippen LogP contribution in [0.3, 0.4) is 0 Å². The van der Waals surface area contributed by atoms with Crippen molar-refractivity contribution < 1.29 is 32.8 Å². The third kappa shape index (κ3) is 4.24. The highest BCUT2D eigenvalue weighted by Gasteiger charge is 2.45. The molecule has 1 aromatic rings. The van der Waals surface area contributed by atoms with Crippen LogP contribution in [-0.2, 0) is 18.9 Å². The van der Waals surface area contributed by atoms with Crippen molar-refractivity contribution in [2.75, 3.05) is 27.2 Å². The first-order valence-electron chi connectivity index (χ1n) is 6.91. The van der Waals surface area contributed by atoms with E-state index in [-0.39, 0.29) is 23.7 Å². The van der Waals surface area contributed by atoms with Crippen LogP contribution in [0.1, 0.15) is 10.4 Å². The number of ketones is 1. The van der Waals surface area contributed by atoms with Gasteiger partial charge < -0.3 is 14.0 Å². The number of rotatable bonds is 4. The Labute approximate surface area is 142 Å². The molecule has 1 atom stereocenters. The number of halogens is 2. The average Bonchev–Trinajstić information content (AvgIpc) is 2.51. The number of hydrogen-bond acceptors (Lipinski definition) is 7. The largest absolute Gasteiger partial charge is 0.644 e. The predicted molar refractivity (Wildman–Crippen MR) is 82.7 cm³/mol. The van der Waals surface area contributed by atoms with Crippen LogP contribution in [0.4, 0.5) is 4.39 Å². The Morgan fingerprint density at radius 1 is 1.33 bits per heavy atom. The number of methoxy groups -OCH3 is 1. The average molecular weight is 358 g/mol. The van der Waals surface area contributed by atoms with E-state index < -0.39 is 30.9 Å². The number of alkyl halides is 1. The van der Waals surface area contributed by atoms with Crippen LogP contribution >= 0.6 is 11.6 Å². The van der Waals surface area contributed by atoms with Crippen molar-refractivity contribution in [1.82, 2.24) is 4.90 Å². The fourth-order valence-corrected chi connectivity index (χ4v) is 2.33. The Morgan fingerprint density at radius 3 is 2.42 bits per heavy atom. The molecule has 0 radical (unpaired) electrons. The number of Topliss-reactive ketones (excluding diaryl/α,β-unsaturated/α-hetero) is 1. The van der Waals surface area contributed by atoms with E-state index in [9.17, 15) is 18.8 Å². The SMILES string of the molecule is COc1ccc(C(=O)[C@H](F)B2OC(=O)CN(C)CC(=O)O2)cc1Cl. The van der Waals surface area contributed by atoms with Crippen molar-refractivity contribution in [3.8, 4) is 5.75 Å². The lowest BCUT2D eigenvalue weighted by Crippen LogP contribution is -2.48. The molecule has 1 saturated heterocycles. The molecule has 1 heterocycles. The Morgan fingerprint density at radius 2 is 1.92 bits per heavy atom. The third-order valence-electron chi connectivity index (χ3n) is 3.22. The lowest BCUT2D eigenvalue weighted by Gasteiger charge is -2.23. The van der Waals surface area contributed by atoms with Crippen LogP contribution in [0.2, 0.25) is 5.02 Å². The second-order valence-electron chi connectivity index (χ2n) is 5.14. The molecule has 0 aromatic heterocycles. The van der Waals surface area contributed by atoms with Crippen molar-refractivity contribution in [2.45, 2.75) is 6.07 Å². The minimum Gasteiger partial charge on any atom is -0.496 e. The van der Waals surface area contributed by atoms with E-state index in [0.717, 1.165) is 0 Å². The zero-order valence-electron chi connectivity index (χ0n) is 13.0. The highest BCUT2D eigenvalue weighted by Crippen LogP contribution is 2.26. The standard InChI is InChI=1S/C14H14BClFNO6/c1-18-6-11(19)23-15(24-12(20)7-18)14(17)13(21)8-3-4-10(22-2)9(16)5-8/h3-5,14H,6-7H2,1-2H3/t14-/m0/s1. The normalized spacial score (nSPS) is 17.4. The first-order chi connectivity index (χ1) is 11.3. The summed E-state index contributed by atoms with van der Waals surface area (Å²) >= 11 is 5.90. The van der Waals surface area contributed by atoms with Gasteiger partial charge in [-0.2, -0.15) is 0 Å². The van der Waals surface area contributed by atoms with Crippen molar-refractivity contribution in [1.29, 1.82) is 0 Å². The van der Waals surface area contributed by atoms with Crippen molar-refractivity contribution in [3.63, 3.8) is 0 Å². The highest BCUT2D eigenvalue weighted by atomic mass is 35.5. The quantitative estimate of drug-likeness (QED) is 0.585. The summed E-state index contributed by atoms with van der Waals surface area (Å²) in [5.41, 5.74) is -0.0698. The molecular formula is C14H14BClFNO6. The van der Waals surface area contributed by atoms with Crippen LogP contribution in [0.15, 0.2) is 18.2 Å². The molecule has 0 bridgehead atoms. The fourth-order valence-electron chi connectivity index (χ4n) is 2.08. The maximum Gasteiger partial charge on any atom is 0.644 e. The van der Waals surface area contributed by atoms with Crippen LogP contribution < -0.4 is 4.74 Å². The Kier molecular flexibility index (Phi) is 5.79.